The van der Waals surface area contributed by atoms with E-state index in [4.69, 9.17) is 16.0 Å². The largest absolute Gasteiger partial charge is 0.467 e. The summed E-state index contributed by atoms with van der Waals surface area (Å²) in [7, 11) is 0. The van der Waals surface area contributed by atoms with Crippen LogP contribution in [0.15, 0.2) is 105 Å². The number of carbonyl (C=O) groups excluding carboxylic acids is 1. The molecule has 1 aliphatic rings. The van der Waals surface area contributed by atoms with Crippen molar-refractivity contribution in [3.05, 3.63) is 112 Å². The quantitative estimate of drug-likeness (QED) is 0.264. The Kier molecular flexibility index (Phi) is 6.82. The van der Waals surface area contributed by atoms with Crippen LogP contribution < -0.4 is 0 Å². The topological polar surface area (TPSA) is 58.2 Å². The van der Waals surface area contributed by atoms with Gasteiger partial charge in [-0.3, -0.25) is 9.69 Å². The standard InChI is InChI=1S/C24H18ClN3O2S/c25-20-13-11-19(12-14-20)16-26-27-24-28(17-21-9-5-15-30-21)23(29)22(31-24)10-4-8-18-6-2-1-3-7-18/h1-16H,17H2/b8-4+,22-10-,26-16-,27-24+. The van der Waals surface area contributed by atoms with E-state index in [1.807, 2.05) is 60.7 Å². The minimum atomic E-state index is -0.139. The third-order valence-electron chi connectivity index (χ3n) is 4.34. The Bertz CT molecular complexity index is 1150. The Morgan fingerprint density at radius 3 is 2.55 bits per heavy atom. The van der Waals surface area contributed by atoms with E-state index in [9.17, 15) is 4.79 Å². The van der Waals surface area contributed by atoms with Gasteiger partial charge in [-0.05, 0) is 53.2 Å². The molecule has 0 unspecified atom stereocenters. The lowest BCUT2D eigenvalue weighted by molar-refractivity contribution is -0.122. The predicted molar refractivity (Wildman–Crippen MR) is 127 cm³/mol. The molecule has 2 heterocycles. The van der Waals surface area contributed by atoms with Gasteiger partial charge in [0.15, 0.2) is 5.17 Å². The molecule has 7 heteroatoms. The molecule has 1 fully saturated rings. The van der Waals surface area contributed by atoms with Crippen LogP contribution in [0.5, 0.6) is 0 Å². The van der Waals surface area contributed by atoms with Crippen molar-refractivity contribution in [3.8, 4) is 0 Å². The number of nitrogens with zero attached hydrogens (tertiary/aromatic N) is 3. The number of benzene rings is 2. The Hall–Kier alpha value is -3.35. The zero-order valence-electron chi connectivity index (χ0n) is 16.4. The average Bonchev–Trinajstić information content (AvgIpc) is 3.40. The van der Waals surface area contributed by atoms with Gasteiger partial charge in [-0.25, -0.2) is 0 Å². The highest BCUT2D eigenvalue weighted by atomic mass is 35.5. The molecule has 0 atom stereocenters. The van der Waals surface area contributed by atoms with E-state index in [1.165, 1.54) is 11.8 Å². The van der Waals surface area contributed by atoms with Crippen molar-refractivity contribution in [2.24, 2.45) is 10.2 Å². The van der Waals surface area contributed by atoms with Gasteiger partial charge in [0, 0.05) is 5.02 Å². The zero-order chi connectivity index (χ0) is 21.5. The van der Waals surface area contributed by atoms with Crippen LogP contribution in [0.25, 0.3) is 6.08 Å². The molecule has 1 amide bonds. The molecule has 4 rings (SSSR count). The van der Waals surface area contributed by atoms with Gasteiger partial charge in [0.05, 0.1) is 23.9 Å². The second-order valence-electron chi connectivity index (χ2n) is 6.55. The molecule has 0 saturated carbocycles. The van der Waals surface area contributed by atoms with Crippen LogP contribution in [0.4, 0.5) is 0 Å². The second kappa shape index (κ2) is 10.1. The summed E-state index contributed by atoms with van der Waals surface area (Å²) in [5.41, 5.74) is 1.92. The van der Waals surface area contributed by atoms with Gasteiger partial charge in [-0.1, -0.05) is 66.2 Å². The summed E-state index contributed by atoms with van der Waals surface area (Å²) in [4.78, 5) is 15.1. The molecule has 3 aromatic rings. The summed E-state index contributed by atoms with van der Waals surface area (Å²) in [6, 6.07) is 20.8. The van der Waals surface area contributed by atoms with Gasteiger partial charge in [0.1, 0.15) is 5.76 Å². The maximum atomic E-state index is 13.0. The van der Waals surface area contributed by atoms with Gasteiger partial charge < -0.3 is 4.42 Å². The van der Waals surface area contributed by atoms with Crippen molar-refractivity contribution in [2.75, 3.05) is 0 Å². The van der Waals surface area contributed by atoms with E-state index < -0.39 is 0 Å². The molecule has 0 N–H and O–H groups in total. The van der Waals surface area contributed by atoms with Crippen LogP contribution in [0, 0.1) is 0 Å². The fourth-order valence-electron chi connectivity index (χ4n) is 2.80. The normalized spacial score (nSPS) is 17.1. The molecule has 0 aliphatic carbocycles. The van der Waals surface area contributed by atoms with Crippen LogP contribution in [-0.2, 0) is 11.3 Å². The van der Waals surface area contributed by atoms with Crippen molar-refractivity contribution in [2.45, 2.75) is 6.54 Å². The highest BCUT2D eigenvalue weighted by molar-refractivity contribution is 8.18. The van der Waals surface area contributed by atoms with Crippen LogP contribution in [0.1, 0.15) is 16.9 Å². The predicted octanol–water partition coefficient (Wildman–Crippen LogP) is 6.00. The zero-order valence-corrected chi connectivity index (χ0v) is 18.0. The Morgan fingerprint density at radius 1 is 1.00 bits per heavy atom. The van der Waals surface area contributed by atoms with Crippen molar-refractivity contribution < 1.29 is 9.21 Å². The van der Waals surface area contributed by atoms with Crippen LogP contribution >= 0.6 is 23.4 Å². The maximum Gasteiger partial charge on any atom is 0.267 e. The first-order valence-corrected chi connectivity index (χ1v) is 10.7. The molecule has 0 radical (unpaired) electrons. The SMILES string of the molecule is O=C1/C(=C/C=C/c2ccccc2)S/C(=N/N=C\c2ccc(Cl)cc2)N1Cc1ccco1. The van der Waals surface area contributed by atoms with E-state index in [0.717, 1.165) is 11.1 Å². The van der Waals surface area contributed by atoms with E-state index in [0.29, 0.717) is 20.9 Å². The van der Waals surface area contributed by atoms with E-state index in [-0.39, 0.29) is 12.5 Å². The summed E-state index contributed by atoms with van der Waals surface area (Å²) >= 11 is 7.19. The summed E-state index contributed by atoms with van der Waals surface area (Å²) in [5.74, 6) is 0.531. The number of hydrogen-bond donors (Lipinski definition) is 0. The van der Waals surface area contributed by atoms with Crippen molar-refractivity contribution in [1.29, 1.82) is 0 Å². The number of carbonyl (C=O) groups is 1. The molecule has 5 nitrogen and oxygen atoms in total. The van der Waals surface area contributed by atoms with Crippen molar-refractivity contribution in [3.63, 3.8) is 0 Å². The number of hydrogen-bond acceptors (Lipinski definition) is 5. The monoisotopic (exact) mass is 447 g/mol. The fraction of sp³-hybridized carbons (Fsp3) is 0.0417. The van der Waals surface area contributed by atoms with Crippen LogP contribution in [-0.4, -0.2) is 22.2 Å². The smallest absolute Gasteiger partial charge is 0.267 e. The first-order valence-electron chi connectivity index (χ1n) is 9.51. The van der Waals surface area contributed by atoms with E-state index in [1.54, 1.807) is 41.7 Å². The van der Waals surface area contributed by atoms with Gasteiger partial charge in [0.25, 0.3) is 5.91 Å². The first kappa shape index (κ1) is 20.9. The van der Waals surface area contributed by atoms with Gasteiger partial charge in [-0.2, -0.15) is 5.10 Å². The van der Waals surface area contributed by atoms with Crippen molar-refractivity contribution in [1.82, 2.24) is 4.90 Å². The Balaban J connectivity index is 1.55. The van der Waals surface area contributed by atoms with Crippen LogP contribution in [0.2, 0.25) is 5.02 Å². The minimum Gasteiger partial charge on any atom is -0.467 e. The molecular formula is C24H18ClN3O2S. The number of amidine groups is 1. The fourth-order valence-corrected chi connectivity index (χ4v) is 3.81. The number of rotatable bonds is 6. The molecule has 31 heavy (non-hydrogen) atoms. The van der Waals surface area contributed by atoms with Crippen LogP contribution in [0.3, 0.4) is 0 Å². The average molecular weight is 448 g/mol. The number of furan rings is 1. The van der Waals surface area contributed by atoms with E-state index in [2.05, 4.69) is 10.2 Å². The molecule has 2 aromatic carbocycles. The Labute approximate surface area is 189 Å². The summed E-state index contributed by atoms with van der Waals surface area (Å²) in [6.07, 6.45) is 8.81. The third kappa shape index (κ3) is 5.63. The molecule has 0 spiro atoms. The molecule has 1 saturated heterocycles. The minimum absolute atomic E-state index is 0.139. The summed E-state index contributed by atoms with van der Waals surface area (Å²) in [6.45, 7) is 0.286. The number of allylic oxidation sites excluding steroid dienone is 2. The second-order valence-corrected chi connectivity index (χ2v) is 8.00. The molecule has 1 aliphatic heterocycles. The Morgan fingerprint density at radius 2 is 1.81 bits per heavy atom. The molecule has 154 valence electrons. The lowest BCUT2D eigenvalue weighted by Gasteiger charge is -2.12. The molecular weight excluding hydrogens is 430 g/mol. The van der Waals surface area contributed by atoms with Crippen molar-refractivity contribution >= 4 is 46.7 Å². The van der Waals surface area contributed by atoms with Gasteiger partial charge in [0.2, 0.25) is 0 Å². The highest BCUT2D eigenvalue weighted by Gasteiger charge is 2.33. The maximum absolute atomic E-state index is 13.0. The summed E-state index contributed by atoms with van der Waals surface area (Å²) < 4.78 is 5.41. The lowest BCUT2D eigenvalue weighted by Crippen LogP contribution is -2.28. The summed E-state index contributed by atoms with van der Waals surface area (Å²) in [5, 5.41) is 9.59. The lowest BCUT2D eigenvalue weighted by atomic mass is 10.2. The van der Waals surface area contributed by atoms with Gasteiger partial charge in [-0.15, -0.1) is 5.10 Å². The highest BCUT2D eigenvalue weighted by Crippen LogP contribution is 2.32. The van der Waals surface area contributed by atoms with E-state index >= 15 is 0 Å². The number of thioether (sulfide) groups is 1. The third-order valence-corrected chi connectivity index (χ3v) is 5.61. The number of halogens is 1. The first-order chi connectivity index (χ1) is 15.2. The molecule has 0 bridgehead atoms. The number of amides is 1. The van der Waals surface area contributed by atoms with Gasteiger partial charge >= 0.3 is 0 Å². The molecule has 1 aromatic heterocycles.